The van der Waals surface area contributed by atoms with Gasteiger partial charge in [0.05, 0.1) is 35.8 Å². The van der Waals surface area contributed by atoms with E-state index in [1.165, 1.54) is 26.1 Å². The topological polar surface area (TPSA) is 393 Å². The molecule has 2 aliphatic rings. The molecule has 8 N–H and O–H groups in total. The number of carbonyl (C=O) groups excluding carboxylic acids is 12. The third-order valence-corrected chi connectivity index (χ3v) is 23.8. The highest BCUT2D eigenvalue weighted by Gasteiger charge is 2.45. The number of likely N-dealkylation sites (tertiary alicyclic amines) is 2. The van der Waals surface area contributed by atoms with Gasteiger partial charge in [0.25, 0.3) is 0 Å². The number of primary amides is 1. The minimum absolute atomic E-state index is 0.0394. The Balaban J connectivity index is 1.38. The number of aliphatic hydroxyl groups excluding tert-OH is 1. The van der Waals surface area contributed by atoms with Crippen LogP contribution in [-0.4, -0.2) is 213 Å². The summed E-state index contributed by atoms with van der Waals surface area (Å²) in [5.74, 6) is -11.4. The van der Waals surface area contributed by atoms with Crippen molar-refractivity contribution in [3.63, 3.8) is 0 Å². The highest BCUT2D eigenvalue weighted by Crippen LogP contribution is 2.43. The third-order valence-electron chi connectivity index (χ3n) is 20.4. The van der Waals surface area contributed by atoms with E-state index in [1.807, 2.05) is 45.9 Å². The number of nitrogens with two attached hydrogens (primary N) is 1. The Morgan fingerprint density at radius 2 is 1.43 bits per heavy atom. The van der Waals surface area contributed by atoms with Crippen LogP contribution in [0.4, 0.5) is 10.5 Å². The molecule has 2 aromatic rings. The van der Waals surface area contributed by atoms with Gasteiger partial charge in [0.2, 0.25) is 54.6 Å². The molecule has 104 heavy (non-hydrogen) atoms. The van der Waals surface area contributed by atoms with Crippen LogP contribution < -0.4 is 21.7 Å². The molecule has 2 fully saturated rings. The number of ether oxygens (including phenoxy) is 2. The molecule has 2 heterocycles. The maximum absolute atomic E-state index is 14.9. The molecule has 0 spiro atoms. The number of nitrogens with one attached hydrogen (secondary N) is 3. The Bertz CT molecular complexity index is 3300. The first-order valence-electron chi connectivity index (χ1n) is 36.4. The van der Waals surface area contributed by atoms with E-state index in [1.54, 1.807) is 87.9 Å². The van der Waals surface area contributed by atoms with Crippen LogP contribution in [0.5, 0.6) is 0 Å². The van der Waals surface area contributed by atoms with Crippen molar-refractivity contribution in [2.24, 2.45) is 59.0 Å². The van der Waals surface area contributed by atoms with Gasteiger partial charge in [-0.25, -0.2) is 4.79 Å². The van der Waals surface area contributed by atoms with Crippen LogP contribution >= 0.6 is 19.1 Å². The summed E-state index contributed by atoms with van der Waals surface area (Å²) in [5.41, 5.74) is 6.98. The van der Waals surface area contributed by atoms with Crippen molar-refractivity contribution in [2.75, 3.05) is 71.3 Å². The summed E-state index contributed by atoms with van der Waals surface area (Å²) >= 11 is 1.06. The average molecular weight is 1500 g/mol. The van der Waals surface area contributed by atoms with Gasteiger partial charge in [0, 0.05) is 146 Å². The number of hydrogen-bond acceptors (Lipinski definition) is 18. The molecule has 2 aliphatic heterocycles. The van der Waals surface area contributed by atoms with E-state index < -0.39 is 138 Å². The molecule has 0 radical (unpaired) electrons. The normalized spacial score (nSPS) is 18.1. The van der Waals surface area contributed by atoms with Crippen molar-refractivity contribution in [2.45, 2.75) is 201 Å². The molecule has 580 valence electrons. The van der Waals surface area contributed by atoms with E-state index in [0.717, 1.165) is 22.2 Å². The molecule has 27 nitrogen and oxygen atoms in total. The summed E-state index contributed by atoms with van der Waals surface area (Å²) in [4.78, 5) is 190. The minimum Gasteiger partial charge on any atom is -0.481 e. The van der Waals surface area contributed by atoms with Crippen molar-refractivity contribution in [1.29, 1.82) is 0 Å². The van der Waals surface area contributed by atoms with E-state index in [9.17, 15) is 82.0 Å². The first-order valence-corrected chi connectivity index (χ1v) is 39.5. The number of likely N-dealkylation sites (N-methyl/N-ethyl adjacent to an activating group) is 2. The monoisotopic (exact) mass is 1490 g/mol. The summed E-state index contributed by atoms with van der Waals surface area (Å²) in [6, 6.07) is 12.1. The van der Waals surface area contributed by atoms with Crippen LogP contribution in [-0.2, 0) is 84.6 Å². The van der Waals surface area contributed by atoms with Gasteiger partial charge in [-0.15, -0.1) is 11.8 Å². The number of carboxylic acid groups (broad SMARTS) is 1. The molecule has 0 bridgehead atoms. The lowest BCUT2D eigenvalue weighted by atomic mass is 9.80. The summed E-state index contributed by atoms with van der Waals surface area (Å²) in [5, 5.41) is 28.0. The van der Waals surface area contributed by atoms with Gasteiger partial charge in [-0.3, -0.25) is 67.0 Å². The van der Waals surface area contributed by atoms with Gasteiger partial charge in [0.1, 0.15) is 24.2 Å². The number of thioether (sulfide) groups is 1. The van der Waals surface area contributed by atoms with Gasteiger partial charge < -0.3 is 61.0 Å². The van der Waals surface area contributed by atoms with Crippen LogP contribution in [0.15, 0.2) is 54.6 Å². The number of rotatable bonds is 47. The van der Waals surface area contributed by atoms with Crippen molar-refractivity contribution < 1.29 is 91.5 Å². The molecule has 29 heteroatoms. The number of benzene rings is 2. The number of methoxy groups -OCH3 is 1. The quantitative estimate of drug-likeness (QED) is 0.0194. The second-order valence-corrected chi connectivity index (χ2v) is 32.9. The highest BCUT2D eigenvalue weighted by atomic mass is 32.2. The Hall–Kier alpha value is -7.39. The number of ketones is 3. The maximum Gasteiger partial charge on any atom is 0.410 e. The smallest absolute Gasteiger partial charge is 0.410 e. The SMILES string of the molecule is CCC(C)[C@@H](C(CC(=O)N1CCC[C@H]1[C@H](CO)[C@@H](C)C(=O)C[C@@H](Cc1ccccc1)C(=O)O)OC)N(C)C(=O)[C@@H](CC(=O)[C@H](C(C)C)N(C)C(=O)OCc1ccc(NC(=O)[C@H](CCCCC(N)=O)NC(=O)[C@H](CC(=O)CCN2C(=O)CC(SCCP(=O)(O)CCC(=O)NC)C2=O)C(C)C)cc1)C(C)C. The molecular weight excluding hydrogens is 1380 g/mol. The number of unbranched alkanes of at least 4 members (excludes halogenated alkanes) is 1. The molecule has 2 saturated heterocycles. The first kappa shape index (κ1) is 89.0. The van der Waals surface area contributed by atoms with Gasteiger partial charge in [-0.05, 0) is 79.0 Å². The largest absolute Gasteiger partial charge is 0.481 e. The fraction of sp³-hybridized carbons (Fsp3) is 0.667. The molecule has 0 aromatic heterocycles. The summed E-state index contributed by atoms with van der Waals surface area (Å²) in [6.07, 6.45) is -0.734. The second-order valence-electron chi connectivity index (χ2n) is 29.0. The Kier molecular flexibility index (Phi) is 37.0. The Labute approximate surface area is 617 Å². The lowest BCUT2D eigenvalue weighted by molar-refractivity contribution is -0.148. The van der Waals surface area contributed by atoms with E-state index >= 15 is 0 Å². The van der Waals surface area contributed by atoms with Gasteiger partial charge in [-0.1, -0.05) is 118 Å². The summed E-state index contributed by atoms with van der Waals surface area (Å²) in [7, 11) is 2.32. The van der Waals surface area contributed by atoms with E-state index in [2.05, 4.69) is 16.0 Å². The average Bonchev–Trinajstić information content (AvgIpc) is 1.49. The molecular formula is C75H115N8O19PS. The molecule has 13 atom stereocenters. The molecule has 4 rings (SSSR count). The van der Waals surface area contributed by atoms with Crippen LogP contribution in [0.1, 0.15) is 163 Å². The minimum atomic E-state index is -3.66. The Morgan fingerprint density at radius 3 is 2.01 bits per heavy atom. The number of Topliss-reactive ketones (excluding diaryl/α,β-unsaturated/α-hetero) is 3. The lowest BCUT2D eigenvalue weighted by Crippen LogP contribution is -2.54. The zero-order valence-electron chi connectivity index (χ0n) is 63.0. The third kappa shape index (κ3) is 27.2. The number of hydrogen-bond donors (Lipinski definition) is 7. The summed E-state index contributed by atoms with van der Waals surface area (Å²) in [6.45, 7) is 15.8. The molecule has 4 unspecified atom stereocenters. The lowest BCUT2D eigenvalue weighted by Gasteiger charge is -2.41. The summed E-state index contributed by atoms with van der Waals surface area (Å²) < 4.78 is 24.4. The van der Waals surface area contributed by atoms with Crippen LogP contribution in [0.3, 0.4) is 0 Å². The fourth-order valence-electron chi connectivity index (χ4n) is 13.8. The van der Waals surface area contributed by atoms with Gasteiger partial charge >= 0.3 is 12.1 Å². The van der Waals surface area contributed by atoms with Gasteiger partial charge in [0.15, 0.2) is 5.78 Å². The molecule has 9 amide bonds. The number of imide groups is 1. The van der Waals surface area contributed by atoms with E-state index in [-0.39, 0.29) is 137 Å². The van der Waals surface area contributed by atoms with E-state index in [0.29, 0.717) is 49.9 Å². The molecule has 0 saturated carbocycles. The number of nitrogens with zero attached hydrogens (tertiary/aromatic N) is 4. The maximum atomic E-state index is 14.9. The number of aliphatic hydroxyl groups is 1. The van der Waals surface area contributed by atoms with Crippen LogP contribution in [0, 0.1) is 53.3 Å². The standard InChI is InChI=1S/C75H115N8O19PS/c1-14-48(8)69(62(101-13)41-66(90)82-32-20-24-59(82)57(43-84)49(9)60(86)38-52(74(96)97)37-50-21-16-15-17-22-50)80(11)72(94)56(46(4)5)40-61(87)68(47(6)7)81(12)75(98)102-44-51-26-28-53(29-27-51)78-71(93)58(23-18-19-25-64(76)88)79-70(92)55(45(2)3)39-54(85)30-33-83-67(91)42-63(73(83)95)104-36-35-103(99,100)34-31-65(89)77-10/h15-17,21-22,26-29,45-49,52,55-59,62-63,68-69,84H,14,18-20,23-25,30-44H2,1-13H3,(H2,76,88)(H,77,89)(H,78,93)(H,79,92)(H,96,97)(H,99,100)/t48?,49-,52-,55-,56+,57-,58+,59+,62?,63?,68+,69+/m1/s1. The molecule has 2 aromatic carbocycles. The Morgan fingerprint density at radius 1 is 0.779 bits per heavy atom. The van der Waals surface area contributed by atoms with Crippen molar-refractivity contribution in [1.82, 2.24) is 30.2 Å². The number of anilines is 1. The number of carbonyl (C=O) groups is 13. The number of carboxylic acids is 1. The predicted octanol–water partition coefficient (Wildman–Crippen LogP) is 7.29. The van der Waals surface area contributed by atoms with E-state index in [4.69, 9.17) is 15.2 Å². The fourth-order valence-corrected chi connectivity index (χ4v) is 16.9. The van der Waals surface area contributed by atoms with Crippen molar-refractivity contribution >= 4 is 101 Å². The van der Waals surface area contributed by atoms with Gasteiger partial charge in [-0.2, -0.15) is 0 Å². The first-order chi connectivity index (χ1) is 49.0. The highest BCUT2D eigenvalue weighted by molar-refractivity contribution is 8.01. The molecule has 0 aliphatic carbocycles. The van der Waals surface area contributed by atoms with Crippen molar-refractivity contribution in [3.8, 4) is 0 Å². The zero-order chi connectivity index (χ0) is 77.9. The van der Waals surface area contributed by atoms with Crippen molar-refractivity contribution in [3.05, 3.63) is 65.7 Å². The van der Waals surface area contributed by atoms with Crippen LogP contribution in [0.25, 0.3) is 0 Å². The zero-order valence-corrected chi connectivity index (χ0v) is 64.7. The predicted molar refractivity (Wildman–Crippen MR) is 394 cm³/mol. The number of aliphatic carboxylic acids is 1. The van der Waals surface area contributed by atoms with Crippen LogP contribution in [0.2, 0.25) is 0 Å². The number of amides is 9. The second kappa shape index (κ2) is 43.3.